The van der Waals surface area contributed by atoms with Crippen LogP contribution in [0.15, 0.2) is 84.4 Å². The van der Waals surface area contributed by atoms with Gasteiger partial charge >= 0.3 is 5.97 Å². The van der Waals surface area contributed by atoms with Gasteiger partial charge in [-0.1, -0.05) is 48.5 Å². The Kier molecular flexibility index (Phi) is 7.12. The van der Waals surface area contributed by atoms with E-state index >= 15 is 0 Å². The number of anilines is 1. The Balaban J connectivity index is 1.61. The number of rotatable bonds is 6. The zero-order chi connectivity index (χ0) is 25.7. The van der Waals surface area contributed by atoms with Gasteiger partial charge in [0.2, 0.25) is 0 Å². The van der Waals surface area contributed by atoms with Crippen molar-refractivity contribution < 1.29 is 19.1 Å². The first-order valence-corrected chi connectivity index (χ1v) is 11.3. The summed E-state index contributed by atoms with van der Waals surface area (Å²) in [6, 6.07) is 25.3. The number of carbonyl (C=O) groups is 2. The van der Waals surface area contributed by atoms with Gasteiger partial charge in [-0.25, -0.2) is 4.79 Å². The number of methoxy groups -OCH3 is 1. The van der Waals surface area contributed by atoms with E-state index in [-0.39, 0.29) is 11.3 Å². The van der Waals surface area contributed by atoms with Crippen LogP contribution in [0.2, 0.25) is 0 Å². The number of amides is 1. The van der Waals surface area contributed by atoms with Crippen LogP contribution in [0.1, 0.15) is 27.0 Å². The lowest BCUT2D eigenvalue weighted by Crippen LogP contribution is -2.13. The van der Waals surface area contributed by atoms with Crippen LogP contribution in [-0.4, -0.2) is 19.0 Å². The zero-order valence-electron chi connectivity index (χ0n) is 20.2. The first kappa shape index (κ1) is 24.2. The fraction of sp³-hybridized carbons (Fsp3) is 0.100. The molecule has 36 heavy (non-hydrogen) atoms. The number of nitrogens with zero attached hydrogens (tertiary/aromatic N) is 1. The van der Waals surface area contributed by atoms with E-state index in [1.807, 2.05) is 62.4 Å². The molecule has 6 nitrogen and oxygen atoms in total. The van der Waals surface area contributed by atoms with E-state index in [4.69, 9.17) is 9.47 Å². The highest BCUT2D eigenvalue weighted by Gasteiger charge is 2.16. The Morgan fingerprint density at radius 2 is 1.67 bits per heavy atom. The Labute approximate surface area is 209 Å². The van der Waals surface area contributed by atoms with Crippen LogP contribution < -0.4 is 14.8 Å². The smallest absolute Gasteiger partial charge is 0.344 e. The number of nitriles is 1. The van der Waals surface area contributed by atoms with E-state index in [9.17, 15) is 14.9 Å². The molecule has 0 aliphatic rings. The van der Waals surface area contributed by atoms with Crippen molar-refractivity contribution in [3.8, 4) is 17.6 Å². The number of nitrogens with one attached hydrogen (secondary N) is 1. The predicted molar refractivity (Wildman–Crippen MR) is 140 cm³/mol. The first-order chi connectivity index (χ1) is 17.4. The van der Waals surface area contributed by atoms with Crippen molar-refractivity contribution in [1.82, 2.24) is 0 Å². The second-order valence-corrected chi connectivity index (χ2v) is 8.25. The van der Waals surface area contributed by atoms with Crippen molar-refractivity contribution in [1.29, 1.82) is 5.26 Å². The summed E-state index contributed by atoms with van der Waals surface area (Å²) in [5.74, 6) is -0.556. The van der Waals surface area contributed by atoms with Crippen molar-refractivity contribution in [2.45, 2.75) is 13.8 Å². The molecule has 1 N–H and O–H groups in total. The summed E-state index contributed by atoms with van der Waals surface area (Å²) >= 11 is 0. The van der Waals surface area contributed by atoms with Crippen LogP contribution in [-0.2, 0) is 4.79 Å². The lowest BCUT2D eigenvalue weighted by molar-refractivity contribution is -0.112. The third kappa shape index (κ3) is 5.26. The van der Waals surface area contributed by atoms with E-state index in [0.717, 1.165) is 21.9 Å². The second-order valence-electron chi connectivity index (χ2n) is 8.25. The van der Waals surface area contributed by atoms with Gasteiger partial charge in [-0.05, 0) is 77.7 Å². The van der Waals surface area contributed by atoms with E-state index in [1.54, 1.807) is 36.4 Å². The summed E-state index contributed by atoms with van der Waals surface area (Å²) in [6.07, 6.45) is 1.44. The van der Waals surface area contributed by atoms with Gasteiger partial charge in [0.15, 0.2) is 11.5 Å². The van der Waals surface area contributed by atoms with Crippen molar-refractivity contribution in [3.63, 3.8) is 0 Å². The van der Waals surface area contributed by atoms with Crippen molar-refractivity contribution in [3.05, 3.63) is 107 Å². The van der Waals surface area contributed by atoms with Gasteiger partial charge in [0.1, 0.15) is 11.6 Å². The fourth-order valence-corrected chi connectivity index (χ4v) is 3.75. The largest absolute Gasteiger partial charge is 0.493 e. The average Bonchev–Trinajstić information content (AvgIpc) is 2.89. The highest BCUT2D eigenvalue weighted by molar-refractivity contribution is 6.10. The van der Waals surface area contributed by atoms with Crippen LogP contribution >= 0.6 is 0 Å². The molecule has 0 saturated carbocycles. The molecule has 0 unspecified atom stereocenters. The van der Waals surface area contributed by atoms with Gasteiger partial charge in [0, 0.05) is 5.69 Å². The van der Waals surface area contributed by atoms with Crippen LogP contribution in [0.3, 0.4) is 0 Å². The third-order valence-corrected chi connectivity index (χ3v) is 5.84. The number of hydrogen-bond acceptors (Lipinski definition) is 5. The average molecular weight is 477 g/mol. The summed E-state index contributed by atoms with van der Waals surface area (Å²) < 4.78 is 11.1. The monoisotopic (exact) mass is 476 g/mol. The number of hydrogen-bond donors (Lipinski definition) is 1. The molecule has 0 aliphatic carbocycles. The fourth-order valence-electron chi connectivity index (χ4n) is 3.75. The lowest BCUT2D eigenvalue weighted by atomic mass is 10.0. The van der Waals surface area contributed by atoms with Gasteiger partial charge in [-0.2, -0.15) is 5.26 Å². The molecule has 0 saturated heterocycles. The lowest BCUT2D eigenvalue weighted by Gasteiger charge is -2.12. The number of fused-ring (bicyclic) bond motifs is 1. The van der Waals surface area contributed by atoms with E-state index in [1.165, 1.54) is 13.2 Å². The normalized spacial score (nSPS) is 11.0. The maximum atomic E-state index is 13.0. The summed E-state index contributed by atoms with van der Waals surface area (Å²) in [4.78, 5) is 25.8. The summed E-state index contributed by atoms with van der Waals surface area (Å²) in [5.41, 5.74) is 3.56. The summed E-state index contributed by atoms with van der Waals surface area (Å²) in [6.45, 7) is 3.93. The highest BCUT2D eigenvalue weighted by atomic mass is 16.6. The van der Waals surface area contributed by atoms with Crippen LogP contribution in [0.4, 0.5) is 5.69 Å². The predicted octanol–water partition coefficient (Wildman–Crippen LogP) is 6.23. The molecule has 178 valence electrons. The molecular formula is C30H24N2O4. The molecule has 0 bridgehead atoms. The summed E-state index contributed by atoms with van der Waals surface area (Å²) in [7, 11) is 1.47. The molecule has 6 heteroatoms. The highest BCUT2D eigenvalue weighted by Crippen LogP contribution is 2.31. The maximum absolute atomic E-state index is 13.0. The quantitative estimate of drug-likeness (QED) is 0.154. The Morgan fingerprint density at radius 3 is 2.42 bits per heavy atom. The first-order valence-electron chi connectivity index (χ1n) is 11.3. The van der Waals surface area contributed by atoms with Crippen LogP contribution in [0, 0.1) is 25.2 Å². The topological polar surface area (TPSA) is 88.4 Å². The van der Waals surface area contributed by atoms with Crippen LogP contribution in [0.25, 0.3) is 16.8 Å². The minimum atomic E-state index is -0.542. The second kappa shape index (κ2) is 10.6. The number of ether oxygens (including phenoxy) is 2. The molecule has 4 rings (SSSR count). The number of benzene rings is 4. The molecule has 1 amide bonds. The van der Waals surface area contributed by atoms with Crippen LogP contribution in [0.5, 0.6) is 11.5 Å². The third-order valence-electron chi connectivity index (χ3n) is 5.84. The Hall–Kier alpha value is -4.89. The molecular weight excluding hydrogens is 452 g/mol. The van der Waals surface area contributed by atoms with Crippen molar-refractivity contribution in [2.75, 3.05) is 12.4 Å². The van der Waals surface area contributed by atoms with Gasteiger partial charge in [-0.3, -0.25) is 4.79 Å². The molecule has 0 radical (unpaired) electrons. The molecule has 0 heterocycles. The molecule has 0 aromatic heterocycles. The zero-order valence-corrected chi connectivity index (χ0v) is 20.2. The van der Waals surface area contributed by atoms with Gasteiger partial charge in [0.05, 0.1) is 12.7 Å². The number of esters is 1. The molecule has 4 aromatic rings. The standard InChI is InChI=1S/C30H24N2O4/c1-19-11-13-24(15-20(19)2)32-29(33)23(18-31)16-21-12-14-27(35-3)28(17-21)36-30(34)26-10-6-8-22-7-4-5-9-25(22)26/h4-17H,1-3H3,(H,32,33)/b23-16+. The van der Waals surface area contributed by atoms with Gasteiger partial charge in [0.25, 0.3) is 5.91 Å². The Bertz CT molecular complexity index is 1540. The van der Waals surface area contributed by atoms with Gasteiger partial charge < -0.3 is 14.8 Å². The molecule has 0 atom stereocenters. The minimum absolute atomic E-state index is 0.0928. The number of carbonyl (C=O) groups excluding carboxylic acids is 2. The minimum Gasteiger partial charge on any atom is -0.493 e. The molecule has 4 aromatic carbocycles. The molecule has 0 spiro atoms. The van der Waals surface area contributed by atoms with E-state index in [2.05, 4.69) is 5.32 Å². The molecule has 0 fully saturated rings. The van der Waals surface area contributed by atoms with Crippen molar-refractivity contribution in [2.24, 2.45) is 0 Å². The number of aryl methyl sites for hydroxylation is 2. The molecule has 0 aliphatic heterocycles. The SMILES string of the molecule is COc1ccc(/C=C(\C#N)C(=O)Nc2ccc(C)c(C)c2)cc1OC(=O)c1cccc2ccccc12. The van der Waals surface area contributed by atoms with E-state index in [0.29, 0.717) is 22.6 Å². The van der Waals surface area contributed by atoms with Crippen molar-refractivity contribution >= 4 is 34.4 Å². The van der Waals surface area contributed by atoms with Gasteiger partial charge in [-0.15, -0.1) is 0 Å². The summed E-state index contributed by atoms with van der Waals surface area (Å²) in [5, 5.41) is 14.1. The maximum Gasteiger partial charge on any atom is 0.344 e. The van der Waals surface area contributed by atoms with E-state index < -0.39 is 11.9 Å². The Morgan fingerprint density at radius 1 is 0.889 bits per heavy atom.